The molecule has 0 fully saturated rings. The normalized spacial score (nSPS) is 11.2. The van der Waals surface area contributed by atoms with Gasteiger partial charge in [-0.15, -0.1) is 0 Å². The van der Waals surface area contributed by atoms with Crippen LogP contribution in [0.5, 0.6) is 0 Å². The molecule has 88 valence electrons. The summed E-state index contributed by atoms with van der Waals surface area (Å²) in [7, 11) is 2.03. The van der Waals surface area contributed by atoms with Gasteiger partial charge < -0.3 is 10.6 Å². The van der Waals surface area contributed by atoms with Gasteiger partial charge >= 0.3 is 0 Å². The monoisotopic (exact) mass is 237 g/mol. The molecule has 0 aromatic carbocycles. The van der Waals surface area contributed by atoms with Gasteiger partial charge in [0.1, 0.15) is 4.99 Å². The number of nitrogens with zero attached hydrogens (tertiary/aromatic N) is 2. The third-order valence-corrected chi connectivity index (χ3v) is 2.41. The van der Waals surface area contributed by atoms with Crippen LogP contribution in [-0.4, -0.2) is 23.6 Å². The number of rotatable bonds is 3. The van der Waals surface area contributed by atoms with Crippen LogP contribution in [0.3, 0.4) is 0 Å². The topological polar surface area (TPSA) is 42.2 Å². The molecule has 2 N–H and O–H groups in total. The first-order valence-corrected chi connectivity index (χ1v) is 5.67. The van der Waals surface area contributed by atoms with Gasteiger partial charge in [0.15, 0.2) is 0 Å². The van der Waals surface area contributed by atoms with Crippen LogP contribution in [0.1, 0.15) is 26.3 Å². The lowest BCUT2D eigenvalue weighted by Crippen LogP contribution is -2.30. The maximum atomic E-state index is 5.69. The molecule has 1 rings (SSSR count). The van der Waals surface area contributed by atoms with Crippen molar-refractivity contribution in [3.8, 4) is 0 Å². The summed E-state index contributed by atoms with van der Waals surface area (Å²) in [5.74, 6) is 0. The number of thiocarbonyl (C=S) groups is 1. The van der Waals surface area contributed by atoms with E-state index in [0.717, 1.165) is 17.8 Å². The van der Waals surface area contributed by atoms with E-state index >= 15 is 0 Å². The van der Waals surface area contributed by atoms with Gasteiger partial charge in [0, 0.05) is 25.4 Å². The van der Waals surface area contributed by atoms with Crippen molar-refractivity contribution in [1.82, 2.24) is 4.98 Å². The Hall–Kier alpha value is -1.16. The standard InChI is InChI=1S/C12H19N3S/c1-12(2,3)8-15(4)10-7-14-6-5-9(10)11(13)16/h5-7H,8H2,1-4H3,(H2,13,16). The summed E-state index contributed by atoms with van der Waals surface area (Å²) >= 11 is 5.03. The largest absolute Gasteiger partial charge is 0.389 e. The first-order valence-electron chi connectivity index (χ1n) is 5.26. The van der Waals surface area contributed by atoms with E-state index in [9.17, 15) is 0 Å². The van der Waals surface area contributed by atoms with Crippen LogP contribution in [0.15, 0.2) is 18.5 Å². The minimum absolute atomic E-state index is 0.220. The highest BCUT2D eigenvalue weighted by Gasteiger charge is 2.16. The Balaban J connectivity index is 2.99. The van der Waals surface area contributed by atoms with Crippen LogP contribution in [0, 0.1) is 5.41 Å². The number of pyridine rings is 1. The van der Waals surface area contributed by atoms with Crippen molar-refractivity contribution in [2.45, 2.75) is 20.8 Å². The Kier molecular flexibility index (Phi) is 3.86. The van der Waals surface area contributed by atoms with E-state index in [2.05, 4.69) is 30.7 Å². The van der Waals surface area contributed by atoms with E-state index < -0.39 is 0 Å². The Bertz CT molecular complexity index is 382. The summed E-state index contributed by atoms with van der Waals surface area (Å²) in [6.45, 7) is 7.51. The maximum absolute atomic E-state index is 5.69. The van der Waals surface area contributed by atoms with E-state index in [4.69, 9.17) is 18.0 Å². The van der Waals surface area contributed by atoms with E-state index in [1.807, 2.05) is 13.1 Å². The molecule has 1 aromatic heterocycles. The van der Waals surface area contributed by atoms with Crippen molar-refractivity contribution < 1.29 is 0 Å². The van der Waals surface area contributed by atoms with Gasteiger partial charge in [0.2, 0.25) is 0 Å². The fourth-order valence-electron chi connectivity index (χ4n) is 1.70. The van der Waals surface area contributed by atoms with Gasteiger partial charge in [-0.3, -0.25) is 4.98 Å². The number of aromatic nitrogens is 1. The third-order valence-electron chi connectivity index (χ3n) is 2.19. The van der Waals surface area contributed by atoms with E-state index in [1.54, 1.807) is 12.4 Å². The lowest BCUT2D eigenvalue weighted by Gasteiger charge is -2.29. The first-order chi connectivity index (χ1) is 7.31. The molecule has 0 aliphatic rings. The molecule has 0 saturated carbocycles. The Labute approximate surface area is 103 Å². The quantitative estimate of drug-likeness (QED) is 0.818. The summed E-state index contributed by atoms with van der Waals surface area (Å²) < 4.78 is 0. The summed E-state index contributed by atoms with van der Waals surface area (Å²) in [4.78, 5) is 6.68. The Morgan fingerprint density at radius 2 is 2.12 bits per heavy atom. The number of hydrogen-bond donors (Lipinski definition) is 1. The highest BCUT2D eigenvalue weighted by molar-refractivity contribution is 7.80. The third kappa shape index (κ3) is 3.45. The SMILES string of the molecule is CN(CC(C)(C)C)c1cnccc1C(N)=S. The lowest BCUT2D eigenvalue weighted by molar-refractivity contribution is 0.419. The summed E-state index contributed by atoms with van der Waals surface area (Å²) in [6.07, 6.45) is 3.52. The molecule has 0 unspecified atom stereocenters. The van der Waals surface area contributed by atoms with Crippen molar-refractivity contribution in [2.75, 3.05) is 18.5 Å². The predicted molar refractivity (Wildman–Crippen MR) is 72.8 cm³/mol. The summed E-state index contributed by atoms with van der Waals surface area (Å²) in [6, 6.07) is 1.86. The summed E-state index contributed by atoms with van der Waals surface area (Å²) in [5.41, 5.74) is 7.79. The Morgan fingerprint density at radius 1 is 1.50 bits per heavy atom. The maximum Gasteiger partial charge on any atom is 0.106 e. The van der Waals surface area contributed by atoms with Crippen LogP contribution >= 0.6 is 12.2 Å². The highest BCUT2D eigenvalue weighted by Crippen LogP contribution is 2.22. The van der Waals surface area contributed by atoms with Crippen molar-refractivity contribution in [1.29, 1.82) is 0 Å². The van der Waals surface area contributed by atoms with Gasteiger partial charge in [-0.2, -0.15) is 0 Å². The molecule has 1 heterocycles. The van der Waals surface area contributed by atoms with E-state index in [1.165, 1.54) is 0 Å². The fourth-order valence-corrected chi connectivity index (χ4v) is 1.87. The molecular formula is C12H19N3S. The average molecular weight is 237 g/mol. The molecule has 0 spiro atoms. The molecule has 1 aromatic rings. The average Bonchev–Trinajstić information content (AvgIpc) is 2.15. The number of hydrogen-bond acceptors (Lipinski definition) is 3. The lowest BCUT2D eigenvalue weighted by atomic mass is 9.96. The smallest absolute Gasteiger partial charge is 0.106 e. The summed E-state index contributed by atoms with van der Waals surface area (Å²) in [5, 5.41) is 0. The van der Waals surface area contributed by atoms with Crippen molar-refractivity contribution in [2.24, 2.45) is 11.1 Å². The molecule has 16 heavy (non-hydrogen) atoms. The van der Waals surface area contributed by atoms with Crippen LogP contribution in [-0.2, 0) is 0 Å². The van der Waals surface area contributed by atoms with Crippen molar-refractivity contribution in [3.63, 3.8) is 0 Å². The molecule has 0 radical (unpaired) electrons. The van der Waals surface area contributed by atoms with Gasteiger partial charge in [-0.05, 0) is 11.5 Å². The number of anilines is 1. The zero-order valence-corrected chi connectivity index (χ0v) is 11.1. The molecule has 0 bridgehead atoms. The van der Waals surface area contributed by atoms with Crippen LogP contribution < -0.4 is 10.6 Å². The molecule has 0 aliphatic carbocycles. The molecule has 0 aliphatic heterocycles. The van der Waals surface area contributed by atoms with Gasteiger partial charge in [0.05, 0.1) is 11.9 Å². The van der Waals surface area contributed by atoms with Gasteiger partial charge in [0.25, 0.3) is 0 Å². The van der Waals surface area contributed by atoms with Crippen molar-refractivity contribution in [3.05, 3.63) is 24.0 Å². The van der Waals surface area contributed by atoms with E-state index in [0.29, 0.717) is 4.99 Å². The zero-order chi connectivity index (χ0) is 12.3. The predicted octanol–water partition coefficient (Wildman–Crippen LogP) is 2.20. The molecule has 0 amide bonds. The number of nitrogens with two attached hydrogens (primary N) is 1. The second-order valence-corrected chi connectivity index (χ2v) is 5.61. The van der Waals surface area contributed by atoms with Gasteiger partial charge in [-0.25, -0.2) is 0 Å². The van der Waals surface area contributed by atoms with Crippen LogP contribution in [0.25, 0.3) is 0 Å². The Morgan fingerprint density at radius 3 is 2.62 bits per heavy atom. The zero-order valence-electron chi connectivity index (χ0n) is 10.3. The van der Waals surface area contributed by atoms with Crippen molar-refractivity contribution >= 4 is 22.9 Å². The molecule has 0 atom stereocenters. The second-order valence-electron chi connectivity index (χ2n) is 5.17. The van der Waals surface area contributed by atoms with Crippen LogP contribution in [0.4, 0.5) is 5.69 Å². The first kappa shape index (κ1) is 12.9. The minimum atomic E-state index is 0.220. The highest BCUT2D eigenvalue weighted by atomic mass is 32.1. The molecule has 0 saturated heterocycles. The van der Waals surface area contributed by atoms with Gasteiger partial charge in [-0.1, -0.05) is 33.0 Å². The second kappa shape index (κ2) is 4.78. The molecule has 3 nitrogen and oxygen atoms in total. The molecular weight excluding hydrogens is 218 g/mol. The fraction of sp³-hybridized carbons (Fsp3) is 0.500. The minimum Gasteiger partial charge on any atom is -0.389 e. The molecule has 4 heteroatoms. The van der Waals surface area contributed by atoms with E-state index in [-0.39, 0.29) is 5.41 Å². The van der Waals surface area contributed by atoms with Crippen LogP contribution in [0.2, 0.25) is 0 Å².